The fraction of sp³-hybridized carbons (Fsp3) is 0.529. The highest BCUT2D eigenvalue weighted by molar-refractivity contribution is 7.99. The molecule has 1 heterocycles. The molecule has 5 nitrogen and oxygen atoms in total. The molecule has 124 valence electrons. The minimum absolute atomic E-state index is 0.511. The maximum atomic E-state index is 5.78. The highest BCUT2D eigenvalue weighted by Gasteiger charge is 2.16. The van der Waals surface area contributed by atoms with Crippen molar-refractivity contribution in [1.82, 2.24) is 10.2 Å². The number of hydrogen-bond acceptors (Lipinski definition) is 6. The first-order valence-electron chi connectivity index (χ1n) is 7.99. The zero-order chi connectivity index (χ0) is 16.1. The van der Waals surface area contributed by atoms with E-state index in [4.69, 9.17) is 13.9 Å². The van der Waals surface area contributed by atoms with Gasteiger partial charge >= 0.3 is 0 Å². The van der Waals surface area contributed by atoms with Crippen LogP contribution in [0.15, 0.2) is 27.8 Å². The minimum Gasteiger partial charge on any atom is -0.493 e. The first-order valence-corrected chi connectivity index (χ1v) is 8.97. The molecule has 2 aromatic rings. The predicted octanol–water partition coefficient (Wildman–Crippen LogP) is 4.43. The van der Waals surface area contributed by atoms with Crippen LogP contribution < -0.4 is 9.47 Å². The summed E-state index contributed by atoms with van der Waals surface area (Å²) in [7, 11) is 3.23. The van der Waals surface area contributed by atoms with E-state index in [9.17, 15) is 0 Å². The summed E-state index contributed by atoms with van der Waals surface area (Å²) in [4.78, 5) is 0. The Kier molecular flexibility index (Phi) is 5.43. The van der Waals surface area contributed by atoms with Crippen molar-refractivity contribution < 1.29 is 13.9 Å². The molecule has 1 saturated carbocycles. The van der Waals surface area contributed by atoms with Gasteiger partial charge in [0.2, 0.25) is 5.89 Å². The van der Waals surface area contributed by atoms with Crippen LogP contribution in [0.25, 0.3) is 11.5 Å². The fourth-order valence-electron chi connectivity index (χ4n) is 2.90. The molecule has 0 atom stereocenters. The Hall–Kier alpha value is -1.69. The quantitative estimate of drug-likeness (QED) is 0.729. The van der Waals surface area contributed by atoms with Gasteiger partial charge in [0.1, 0.15) is 0 Å². The number of methoxy groups -OCH3 is 2. The first kappa shape index (κ1) is 16.2. The number of aromatic nitrogens is 2. The van der Waals surface area contributed by atoms with Gasteiger partial charge in [-0.3, -0.25) is 0 Å². The van der Waals surface area contributed by atoms with E-state index < -0.39 is 0 Å². The van der Waals surface area contributed by atoms with Crippen LogP contribution in [0.5, 0.6) is 11.5 Å². The average Bonchev–Trinajstić information content (AvgIpc) is 3.09. The van der Waals surface area contributed by atoms with Crippen LogP contribution in [-0.4, -0.2) is 30.2 Å². The zero-order valence-electron chi connectivity index (χ0n) is 13.6. The van der Waals surface area contributed by atoms with E-state index in [1.54, 1.807) is 26.0 Å². The number of hydrogen-bond donors (Lipinski definition) is 0. The fourth-order valence-corrected chi connectivity index (χ4v) is 3.84. The second-order valence-corrected chi connectivity index (χ2v) is 6.73. The van der Waals surface area contributed by atoms with Crippen molar-refractivity contribution in [2.75, 3.05) is 20.0 Å². The molecule has 6 heteroatoms. The molecule has 3 rings (SSSR count). The van der Waals surface area contributed by atoms with Gasteiger partial charge in [0.15, 0.2) is 11.5 Å². The van der Waals surface area contributed by atoms with E-state index in [1.165, 1.54) is 32.1 Å². The van der Waals surface area contributed by atoms with Crippen LogP contribution in [0, 0.1) is 5.92 Å². The second kappa shape index (κ2) is 7.73. The standard InChI is InChI=1S/C17H22N2O3S/c1-20-14-9-8-13(10-15(14)21-2)16-18-19-17(22-16)23-11-12-6-4-3-5-7-12/h8-10,12H,3-7,11H2,1-2H3. The molecule has 1 aromatic heterocycles. The van der Waals surface area contributed by atoms with Crippen LogP contribution in [0.4, 0.5) is 0 Å². The van der Waals surface area contributed by atoms with Gasteiger partial charge < -0.3 is 13.9 Å². The topological polar surface area (TPSA) is 57.4 Å². The summed E-state index contributed by atoms with van der Waals surface area (Å²) in [5, 5.41) is 8.94. The number of ether oxygens (including phenoxy) is 2. The van der Waals surface area contributed by atoms with Crippen LogP contribution in [0.2, 0.25) is 0 Å². The Labute approximate surface area is 140 Å². The number of nitrogens with zero attached hydrogens (tertiary/aromatic N) is 2. The molecule has 0 unspecified atom stereocenters. The third-order valence-corrected chi connectivity index (χ3v) is 5.25. The monoisotopic (exact) mass is 334 g/mol. The van der Waals surface area contributed by atoms with E-state index in [0.717, 1.165) is 17.2 Å². The number of thioether (sulfide) groups is 1. The maximum Gasteiger partial charge on any atom is 0.276 e. The summed E-state index contributed by atoms with van der Waals surface area (Å²) in [6.45, 7) is 0. The van der Waals surface area contributed by atoms with Gasteiger partial charge in [-0.1, -0.05) is 31.0 Å². The summed E-state index contributed by atoms with van der Waals surface area (Å²) >= 11 is 1.66. The van der Waals surface area contributed by atoms with Crippen LogP contribution >= 0.6 is 11.8 Å². The van der Waals surface area contributed by atoms with Gasteiger partial charge in [-0.2, -0.15) is 0 Å². The SMILES string of the molecule is COc1ccc(-c2nnc(SCC3CCCCC3)o2)cc1OC. The zero-order valence-corrected chi connectivity index (χ0v) is 14.4. The summed E-state index contributed by atoms with van der Waals surface area (Å²) in [6, 6.07) is 5.58. The molecular weight excluding hydrogens is 312 g/mol. The summed E-state index contributed by atoms with van der Waals surface area (Å²) < 4.78 is 16.3. The lowest BCUT2D eigenvalue weighted by atomic mass is 9.91. The van der Waals surface area contributed by atoms with Crippen molar-refractivity contribution in [3.63, 3.8) is 0 Å². The van der Waals surface area contributed by atoms with Crippen LogP contribution in [0.3, 0.4) is 0 Å². The van der Waals surface area contributed by atoms with Crippen molar-refractivity contribution in [2.24, 2.45) is 5.92 Å². The smallest absolute Gasteiger partial charge is 0.276 e. The van der Waals surface area contributed by atoms with Gasteiger partial charge in [0.05, 0.1) is 14.2 Å². The Morgan fingerprint density at radius 1 is 1.09 bits per heavy atom. The molecule has 1 aliphatic carbocycles. The highest BCUT2D eigenvalue weighted by atomic mass is 32.2. The van der Waals surface area contributed by atoms with Crippen molar-refractivity contribution >= 4 is 11.8 Å². The summed E-state index contributed by atoms with van der Waals surface area (Å²) in [5.74, 6) is 3.69. The average molecular weight is 334 g/mol. The molecule has 1 aliphatic rings. The molecule has 23 heavy (non-hydrogen) atoms. The van der Waals surface area contributed by atoms with Gasteiger partial charge in [-0.15, -0.1) is 10.2 Å². The van der Waals surface area contributed by atoms with E-state index in [-0.39, 0.29) is 0 Å². The van der Waals surface area contributed by atoms with Crippen molar-refractivity contribution in [2.45, 2.75) is 37.3 Å². The van der Waals surface area contributed by atoms with Gasteiger partial charge in [0.25, 0.3) is 5.22 Å². The molecule has 0 bridgehead atoms. The van der Waals surface area contributed by atoms with E-state index in [1.807, 2.05) is 18.2 Å². The lowest BCUT2D eigenvalue weighted by molar-refractivity contribution is 0.355. The Bertz CT molecular complexity index is 639. The summed E-state index contributed by atoms with van der Waals surface area (Å²) in [5.41, 5.74) is 0.833. The molecular formula is C17H22N2O3S. The van der Waals surface area contributed by atoms with Gasteiger partial charge in [-0.25, -0.2) is 0 Å². The Morgan fingerprint density at radius 3 is 2.61 bits per heavy atom. The molecule has 1 aromatic carbocycles. The molecule has 0 amide bonds. The van der Waals surface area contributed by atoms with Crippen molar-refractivity contribution in [1.29, 1.82) is 0 Å². The first-order chi connectivity index (χ1) is 11.3. The molecule has 0 N–H and O–H groups in total. The van der Waals surface area contributed by atoms with Crippen LogP contribution in [0.1, 0.15) is 32.1 Å². The lowest BCUT2D eigenvalue weighted by Crippen LogP contribution is -2.08. The highest BCUT2D eigenvalue weighted by Crippen LogP contribution is 2.34. The normalized spacial score (nSPS) is 15.6. The van der Waals surface area contributed by atoms with E-state index >= 15 is 0 Å². The molecule has 0 aliphatic heterocycles. The second-order valence-electron chi connectivity index (χ2n) is 5.76. The third-order valence-electron chi connectivity index (χ3n) is 4.20. The molecule has 0 saturated heterocycles. The van der Waals surface area contributed by atoms with Crippen LogP contribution in [-0.2, 0) is 0 Å². The van der Waals surface area contributed by atoms with E-state index in [2.05, 4.69) is 10.2 Å². The number of benzene rings is 1. The molecule has 0 radical (unpaired) electrons. The predicted molar refractivity (Wildman–Crippen MR) is 90.1 cm³/mol. The van der Waals surface area contributed by atoms with Gasteiger partial charge in [-0.05, 0) is 37.0 Å². The third kappa shape index (κ3) is 3.99. The summed E-state index contributed by atoms with van der Waals surface area (Å²) in [6.07, 6.45) is 6.73. The molecule has 0 spiro atoms. The van der Waals surface area contributed by atoms with Crippen molar-refractivity contribution in [3.05, 3.63) is 18.2 Å². The Balaban J connectivity index is 1.66. The largest absolute Gasteiger partial charge is 0.493 e. The van der Waals surface area contributed by atoms with E-state index in [0.29, 0.717) is 22.6 Å². The molecule has 1 fully saturated rings. The minimum atomic E-state index is 0.511. The maximum absolute atomic E-state index is 5.78. The number of rotatable bonds is 6. The van der Waals surface area contributed by atoms with Gasteiger partial charge in [0, 0.05) is 11.3 Å². The lowest BCUT2D eigenvalue weighted by Gasteiger charge is -2.19. The Morgan fingerprint density at radius 2 is 1.87 bits per heavy atom. The van der Waals surface area contributed by atoms with Crippen molar-refractivity contribution in [3.8, 4) is 23.0 Å².